The summed E-state index contributed by atoms with van der Waals surface area (Å²) in [6.45, 7) is 2.06. The number of aromatic amines is 1. The van der Waals surface area contributed by atoms with Gasteiger partial charge in [-0.2, -0.15) is 0 Å². The minimum Gasteiger partial charge on any atom is -0.366 e. The number of carbonyl (C=O) groups excluding carboxylic acids is 2. The molecule has 31 heavy (non-hydrogen) atoms. The van der Waals surface area contributed by atoms with E-state index >= 15 is 0 Å². The first-order chi connectivity index (χ1) is 15.0. The second-order valence-corrected chi connectivity index (χ2v) is 7.79. The highest BCUT2D eigenvalue weighted by Gasteiger charge is 2.25. The quantitative estimate of drug-likeness (QED) is 0.375. The van der Waals surface area contributed by atoms with E-state index in [2.05, 4.69) is 17.2 Å². The lowest BCUT2D eigenvalue weighted by molar-refractivity contribution is 0.0937. The third kappa shape index (κ3) is 4.57. The van der Waals surface area contributed by atoms with Gasteiger partial charge in [0.1, 0.15) is 0 Å². The number of amides is 1. The van der Waals surface area contributed by atoms with E-state index in [1.54, 1.807) is 18.3 Å². The van der Waals surface area contributed by atoms with Gasteiger partial charge >= 0.3 is 0 Å². The number of ketones is 1. The van der Waals surface area contributed by atoms with Crippen molar-refractivity contribution in [2.24, 2.45) is 5.73 Å². The van der Waals surface area contributed by atoms with E-state index in [1.165, 1.54) is 0 Å². The summed E-state index contributed by atoms with van der Waals surface area (Å²) in [6.07, 6.45) is 2.50. The van der Waals surface area contributed by atoms with Crippen molar-refractivity contribution in [1.82, 2.24) is 10.3 Å². The second-order valence-electron chi connectivity index (χ2n) is 7.79. The topological polar surface area (TPSA) is 88.0 Å². The van der Waals surface area contributed by atoms with E-state index in [0.29, 0.717) is 17.5 Å². The van der Waals surface area contributed by atoms with Crippen molar-refractivity contribution in [3.05, 3.63) is 107 Å². The highest BCUT2D eigenvalue weighted by atomic mass is 16.1. The largest absolute Gasteiger partial charge is 0.366 e. The summed E-state index contributed by atoms with van der Waals surface area (Å²) in [7, 11) is 0. The zero-order valence-corrected chi connectivity index (χ0v) is 17.3. The van der Waals surface area contributed by atoms with E-state index < -0.39 is 11.9 Å². The molecule has 0 aliphatic heterocycles. The number of primary amides is 1. The Balaban J connectivity index is 1.58. The average Bonchev–Trinajstić information content (AvgIpc) is 3.22. The summed E-state index contributed by atoms with van der Waals surface area (Å²) < 4.78 is 0. The molecule has 1 amide bonds. The van der Waals surface area contributed by atoms with Crippen LogP contribution in [0, 0.1) is 0 Å². The van der Waals surface area contributed by atoms with E-state index in [4.69, 9.17) is 5.73 Å². The molecule has 1 heterocycles. The van der Waals surface area contributed by atoms with E-state index in [9.17, 15) is 9.59 Å². The van der Waals surface area contributed by atoms with Crippen LogP contribution in [0.3, 0.4) is 0 Å². The van der Waals surface area contributed by atoms with Crippen molar-refractivity contribution in [2.45, 2.75) is 25.4 Å². The van der Waals surface area contributed by atoms with Crippen LogP contribution in [0.4, 0.5) is 0 Å². The Kier molecular flexibility index (Phi) is 5.96. The van der Waals surface area contributed by atoms with Gasteiger partial charge in [0.15, 0.2) is 5.78 Å². The maximum Gasteiger partial charge on any atom is 0.248 e. The first kappa shape index (κ1) is 20.6. The van der Waals surface area contributed by atoms with Gasteiger partial charge in [-0.3, -0.25) is 9.59 Å². The fraction of sp³-hybridized carbons (Fsp3) is 0.154. The molecule has 2 atom stereocenters. The van der Waals surface area contributed by atoms with Crippen LogP contribution in [0.5, 0.6) is 0 Å². The highest BCUT2D eigenvalue weighted by Crippen LogP contribution is 2.25. The monoisotopic (exact) mass is 411 g/mol. The molecule has 156 valence electrons. The molecule has 3 aromatic carbocycles. The second kappa shape index (κ2) is 8.98. The molecule has 0 saturated carbocycles. The maximum absolute atomic E-state index is 13.6. The molecule has 5 heteroatoms. The number of fused-ring (bicyclic) bond motifs is 1. The Morgan fingerprint density at radius 2 is 1.61 bits per heavy atom. The molecule has 0 aliphatic rings. The van der Waals surface area contributed by atoms with Crippen molar-refractivity contribution in [3.63, 3.8) is 0 Å². The number of aromatic nitrogens is 1. The summed E-state index contributed by atoms with van der Waals surface area (Å²) in [6, 6.07) is 24.4. The number of hydrogen-bond acceptors (Lipinski definition) is 3. The molecule has 0 spiro atoms. The molecule has 4 aromatic rings. The Morgan fingerprint density at radius 3 is 2.32 bits per heavy atom. The predicted molar refractivity (Wildman–Crippen MR) is 123 cm³/mol. The Hall–Kier alpha value is -3.70. The zero-order chi connectivity index (χ0) is 21.8. The molecule has 0 saturated heterocycles. The summed E-state index contributed by atoms with van der Waals surface area (Å²) >= 11 is 0. The van der Waals surface area contributed by atoms with Crippen LogP contribution in [0.2, 0.25) is 0 Å². The maximum atomic E-state index is 13.6. The number of para-hydroxylation sites is 1. The van der Waals surface area contributed by atoms with Gasteiger partial charge in [0.05, 0.1) is 6.04 Å². The van der Waals surface area contributed by atoms with Crippen molar-refractivity contribution >= 4 is 22.6 Å². The van der Waals surface area contributed by atoms with Crippen LogP contribution in [-0.4, -0.2) is 22.7 Å². The van der Waals surface area contributed by atoms with Gasteiger partial charge in [-0.1, -0.05) is 60.7 Å². The zero-order valence-electron chi connectivity index (χ0n) is 17.3. The van der Waals surface area contributed by atoms with Crippen molar-refractivity contribution < 1.29 is 9.59 Å². The Bertz CT molecular complexity index is 1200. The normalized spacial score (nSPS) is 13.1. The van der Waals surface area contributed by atoms with Gasteiger partial charge < -0.3 is 16.0 Å². The lowest BCUT2D eigenvalue weighted by atomic mass is 9.95. The van der Waals surface area contributed by atoms with Gasteiger partial charge in [0.25, 0.3) is 0 Å². The number of benzene rings is 3. The van der Waals surface area contributed by atoms with Gasteiger partial charge in [-0.15, -0.1) is 0 Å². The van der Waals surface area contributed by atoms with Crippen LogP contribution in [0.15, 0.2) is 85.1 Å². The Labute approximate surface area is 181 Å². The van der Waals surface area contributed by atoms with Crippen LogP contribution < -0.4 is 11.1 Å². The van der Waals surface area contributed by atoms with Crippen LogP contribution in [0.1, 0.15) is 44.8 Å². The molecule has 0 aliphatic carbocycles. The number of hydrogen-bond donors (Lipinski definition) is 3. The summed E-state index contributed by atoms with van der Waals surface area (Å²) in [5, 5.41) is 4.44. The van der Waals surface area contributed by atoms with Crippen LogP contribution in [-0.2, 0) is 6.42 Å². The van der Waals surface area contributed by atoms with Gasteiger partial charge in [-0.25, -0.2) is 0 Å². The Morgan fingerprint density at radius 1 is 0.935 bits per heavy atom. The number of nitrogens with two attached hydrogens (primary N) is 1. The van der Waals surface area contributed by atoms with Crippen molar-refractivity contribution in [2.75, 3.05) is 0 Å². The number of nitrogens with one attached hydrogen (secondary N) is 2. The number of Topliss-reactive ketones (excluding diaryl/α,β-unsaturated/α-hetero) is 1. The lowest BCUT2D eigenvalue weighted by Crippen LogP contribution is -2.36. The SMILES string of the molecule is C[C@@H](Cc1ccc(C(N)=O)cc1)N[C@@H](C(=O)c1c[nH]c2ccccc12)c1ccccc1. The van der Waals surface area contributed by atoms with Crippen molar-refractivity contribution in [3.8, 4) is 0 Å². The first-order valence-electron chi connectivity index (χ1n) is 10.3. The third-order valence-electron chi connectivity index (χ3n) is 5.48. The molecular weight excluding hydrogens is 386 g/mol. The standard InChI is InChI=1S/C26H25N3O2/c1-17(15-18-11-13-20(14-12-18)26(27)31)29-24(19-7-3-2-4-8-19)25(30)22-16-28-23-10-6-5-9-21(22)23/h2-14,16-17,24,28-29H,15H2,1H3,(H2,27,31)/t17-,24+/m0/s1. The molecule has 0 unspecified atom stereocenters. The summed E-state index contributed by atoms with van der Waals surface area (Å²) in [5.41, 5.74) is 9.42. The molecule has 0 fully saturated rings. The number of carbonyl (C=O) groups is 2. The van der Waals surface area contributed by atoms with E-state index in [0.717, 1.165) is 22.0 Å². The minimum atomic E-state index is -0.472. The number of rotatable bonds is 8. The van der Waals surface area contributed by atoms with E-state index in [1.807, 2.05) is 66.7 Å². The van der Waals surface area contributed by atoms with E-state index in [-0.39, 0.29) is 11.8 Å². The fourth-order valence-electron chi connectivity index (χ4n) is 3.90. The van der Waals surface area contributed by atoms with Crippen LogP contribution >= 0.6 is 0 Å². The van der Waals surface area contributed by atoms with Crippen molar-refractivity contribution in [1.29, 1.82) is 0 Å². The fourth-order valence-corrected chi connectivity index (χ4v) is 3.90. The molecule has 1 aromatic heterocycles. The summed E-state index contributed by atoms with van der Waals surface area (Å²) in [5.74, 6) is -0.411. The van der Waals surface area contributed by atoms with Crippen LogP contribution in [0.25, 0.3) is 10.9 Å². The summed E-state index contributed by atoms with van der Waals surface area (Å²) in [4.78, 5) is 28.1. The molecule has 0 radical (unpaired) electrons. The molecular formula is C26H25N3O2. The lowest BCUT2D eigenvalue weighted by Gasteiger charge is -2.23. The predicted octanol–water partition coefficient (Wildman–Crippen LogP) is 4.41. The smallest absolute Gasteiger partial charge is 0.248 e. The molecule has 4 N–H and O–H groups in total. The minimum absolute atomic E-state index is 0.0267. The van der Waals surface area contributed by atoms with Gasteiger partial charge in [0, 0.05) is 34.3 Å². The highest BCUT2D eigenvalue weighted by molar-refractivity contribution is 6.10. The van der Waals surface area contributed by atoms with Gasteiger partial charge in [-0.05, 0) is 42.7 Å². The molecule has 4 rings (SSSR count). The van der Waals surface area contributed by atoms with Gasteiger partial charge in [0.2, 0.25) is 5.91 Å². The molecule has 5 nitrogen and oxygen atoms in total. The first-order valence-corrected chi connectivity index (χ1v) is 10.3. The third-order valence-corrected chi connectivity index (χ3v) is 5.48. The average molecular weight is 412 g/mol. The number of H-pyrrole nitrogens is 1. The molecule has 0 bridgehead atoms.